The van der Waals surface area contributed by atoms with E-state index in [1.807, 2.05) is 0 Å². The first kappa shape index (κ1) is 20.0. The van der Waals surface area contributed by atoms with Crippen molar-refractivity contribution in [2.45, 2.75) is 124 Å². The highest BCUT2D eigenvalue weighted by Gasteiger charge is 2.31. The summed E-state index contributed by atoms with van der Waals surface area (Å²) < 4.78 is 0. The third-order valence-corrected chi connectivity index (χ3v) is 5.93. The maximum absolute atomic E-state index is 2.45. The van der Waals surface area contributed by atoms with Gasteiger partial charge in [0.25, 0.3) is 0 Å². The lowest BCUT2D eigenvalue weighted by molar-refractivity contribution is 0.119. The lowest BCUT2D eigenvalue weighted by Gasteiger charge is -2.39. The van der Waals surface area contributed by atoms with Crippen LogP contribution in [-0.4, -0.2) is 0 Å². The molecule has 1 saturated carbocycles. The number of hydrogen-bond acceptors (Lipinski definition) is 0. The molecule has 0 aromatic rings. The molecule has 22 heavy (non-hydrogen) atoms. The molecule has 0 aromatic heterocycles. The van der Waals surface area contributed by atoms with E-state index in [1.54, 1.807) is 12.8 Å². The van der Waals surface area contributed by atoms with Gasteiger partial charge in [-0.05, 0) is 30.6 Å². The van der Waals surface area contributed by atoms with Crippen LogP contribution in [0.3, 0.4) is 0 Å². The van der Waals surface area contributed by atoms with Gasteiger partial charge in [-0.25, -0.2) is 0 Å². The fraction of sp³-hybridized carbons (Fsp3) is 1.00. The SMILES string of the molecule is CCCCCCCCC(CCCCCCCC)C1CC(C)C1. The largest absolute Gasteiger partial charge is 0.0654 e. The molecule has 0 bridgehead atoms. The molecule has 1 aliphatic carbocycles. The van der Waals surface area contributed by atoms with Crippen LogP contribution in [0.5, 0.6) is 0 Å². The molecule has 0 N–H and O–H groups in total. The molecule has 132 valence electrons. The Morgan fingerprint density at radius 3 is 1.45 bits per heavy atom. The summed E-state index contributed by atoms with van der Waals surface area (Å²) in [5, 5.41) is 0. The third-order valence-electron chi connectivity index (χ3n) is 5.93. The molecule has 0 saturated heterocycles. The van der Waals surface area contributed by atoms with Gasteiger partial charge in [0, 0.05) is 0 Å². The van der Waals surface area contributed by atoms with E-state index < -0.39 is 0 Å². The molecule has 0 radical (unpaired) electrons. The van der Waals surface area contributed by atoms with E-state index in [-0.39, 0.29) is 0 Å². The highest BCUT2D eigenvalue weighted by molar-refractivity contribution is 4.82. The molecule has 0 amide bonds. The second-order valence-electron chi connectivity index (χ2n) is 8.21. The highest BCUT2D eigenvalue weighted by atomic mass is 14.4. The average Bonchev–Trinajstić information content (AvgIpc) is 2.49. The van der Waals surface area contributed by atoms with Crippen LogP contribution in [0.15, 0.2) is 0 Å². The van der Waals surface area contributed by atoms with Crippen LogP contribution in [0.4, 0.5) is 0 Å². The van der Waals surface area contributed by atoms with Gasteiger partial charge in [-0.15, -0.1) is 0 Å². The first-order chi connectivity index (χ1) is 10.8. The quantitative estimate of drug-likeness (QED) is 0.268. The van der Waals surface area contributed by atoms with Crippen molar-refractivity contribution < 1.29 is 0 Å². The van der Waals surface area contributed by atoms with Crippen molar-refractivity contribution in [3.8, 4) is 0 Å². The zero-order chi connectivity index (χ0) is 16.0. The summed E-state index contributed by atoms with van der Waals surface area (Å²) in [6, 6.07) is 0. The average molecular weight is 309 g/mol. The van der Waals surface area contributed by atoms with E-state index >= 15 is 0 Å². The fourth-order valence-electron chi connectivity index (χ4n) is 4.34. The van der Waals surface area contributed by atoms with E-state index in [0.29, 0.717) is 0 Å². The molecule has 1 rings (SSSR count). The molecule has 0 nitrogen and oxygen atoms in total. The first-order valence-electron chi connectivity index (χ1n) is 10.8. The van der Waals surface area contributed by atoms with Gasteiger partial charge in [-0.3, -0.25) is 0 Å². The highest BCUT2D eigenvalue weighted by Crippen LogP contribution is 2.42. The monoisotopic (exact) mass is 308 g/mol. The Kier molecular flexibility index (Phi) is 12.2. The molecular weight excluding hydrogens is 264 g/mol. The minimum Gasteiger partial charge on any atom is -0.0654 e. The van der Waals surface area contributed by atoms with Gasteiger partial charge in [0.15, 0.2) is 0 Å². The van der Waals surface area contributed by atoms with E-state index in [4.69, 9.17) is 0 Å². The Hall–Kier alpha value is 0. The van der Waals surface area contributed by atoms with Crippen molar-refractivity contribution in [2.24, 2.45) is 17.8 Å². The van der Waals surface area contributed by atoms with Gasteiger partial charge in [0.05, 0.1) is 0 Å². The summed E-state index contributed by atoms with van der Waals surface area (Å²) in [4.78, 5) is 0. The lowest BCUT2D eigenvalue weighted by atomic mass is 9.67. The van der Waals surface area contributed by atoms with E-state index in [0.717, 1.165) is 17.8 Å². The van der Waals surface area contributed by atoms with Crippen LogP contribution < -0.4 is 0 Å². The van der Waals surface area contributed by atoms with Crippen molar-refractivity contribution >= 4 is 0 Å². The third kappa shape index (κ3) is 9.21. The normalized spacial score (nSPS) is 21.3. The van der Waals surface area contributed by atoms with Crippen LogP contribution in [0.2, 0.25) is 0 Å². The predicted molar refractivity (Wildman–Crippen MR) is 101 cm³/mol. The van der Waals surface area contributed by atoms with Crippen molar-refractivity contribution in [3.63, 3.8) is 0 Å². The van der Waals surface area contributed by atoms with Crippen molar-refractivity contribution in [3.05, 3.63) is 0 Å². The van der Waals surface area contributed by atoms with E-state index in [1.165, 1.54) is 89.9 Å². The fourth-order valence-corrected chi connectivity index (χ4v) is 4.34. The summed E-state index contributed by atoms with van der Waals surface area (Å²) >= 11 is 0. The second kappa shape index (κ2) is 13.4. The number of hydrogen-bond donors (Lipinski definition) is 0. The molecule has 0 aromatic carbocycles. The molecule has 1 fully saturated rings. The predicted octanol–water partition coefficient (Wildman–Crippen LogP) is 8.15. The van der Waals surface area contributed by atoms with Crippen LogP contribution >= 0.6 is 0 Å². The maximum atomic E-state index is 2.45. The zero-order valence-electron chi connectivity index (χ0n) is 16.0. The van der Waals surface area contributed by atoms with Gasteiger partial charge in [-0.1, -0.05) is 111 Å². The van der Waals surface area contributed by atoms with Gasteiger partial charge in [-0.2, -0.15) is 0 Å². The zero-order valence-corrected chi connectivity index (χ0v) is 16.0. The Morgan fingerprint density at radius 2 is 1.05 bits per heavy atom. The summed E-state index contributed by atoms with van der Waals surface area (Å²) in [7, 11) is 0. The first-order valence-corrected chi connectivity index (χ1v) is 10.8. The van der Waals surface area contributed by atoms with E-state index in [9.17, 15) is 0 Å². The Bertz CT molecular complexity index is 210. The number of unbranched alkanes of at least 4 members (excludes halogenated alkanes) is 10. The van der Waals surface area contributed by atoms with Crippen LogP contribution in [0, 0.1) is 17.8 Å². The summed E-state index contributed by atoms with van der Waals surface area (Å²) in [6.07, 6.45) is 23.7. The summed E-state index contributed by atoms with van der Waals surface area (Å²) in [5.74, 6) is 3.21. The van der Waals surface area contributed by atoms with Crippen molar-refractivity contribution in [1.82, 2.24) is 0 Å². The van der Waals surface area contributed by atoms with Crippen molar-refractivity contribution in [2.75, 3.05) is 0 Å². The van der Waals surface area contributed by atoms with Gasteiger partial charge in [0.1, 0.15) is 0 Å². The van der Waals surface area contributed by atoms with Crippen molar-refractivity contribution in [1.29, 1.82) is 0 Å². The molecular formula is C22H44. The molecule has 0 spiro atoms. The number of rotatable bonds is 15. The molecule has 1 aliphatic rings. The van der Waals surface area contributed by atoms with Crippen LogP contribution in [0.25, 0.3) is 0 Å². The second-order valence-corrected chi connectivity index (χ2v) is 8.21. The minimum atomic E-state index is 1.03. The standard InChI is InChI=1S/C22H44/c1-4-6-8-10-12-14-16-21(22-18-20(3)19-22)17-15-13-11-9-7-5-2/h20-22H,4-19H2,1-3H3. The molecule has 0 heterocycles. The lowest BCUT2D eigenvalue weighted by Crippen LogP contribution is -2.28. The molecule has 0 aliphatic heterocycles. The topological polar surface area (TPSA) is 0 Å². The van der Waals surface area contributed by atoms with Crippen LogP contribution in [-0.2, 0) is 0 Å². The maximum Gasteiger partial charge on any atom is -0.0381 e. The molecule has 0 atom stereocenters. The van der Waals surface area contributed by atoms with Gasteiger partial charge in [0.2, 0.25) is 0 Å². The van der Waals surface area contributed by atoms with Gasteiger partial charge < -0.3 is 0 Å². The summed E-state index contributed by atoms with van der Waals surface area (Å²) in [5.41, 5.74) is 0. The molecule has 0 heteroatoms. The molecule has 0 unspecified atom stereocenters. The Morgan fingerprint density at radius 1 is 0.636 bits per heavy atom. The van der Waals surface area contributed by atoms with E-state index in [2.05, 4.69) is 20.8 Å². The Labute approximate surface area is 141 Å². The smallest absolute Gasteiger partial charge is 0.0381 e. The van der Waals surface area contributed by atoms with Crippen LogP contribution in [0.1, 0.15) is 124 Å². The summed E-state index contributed by atoms with van der Waals surface area (Å²) in [6.45, 7) is 7.08. The van der Waals surface area contributed by atoms with Gasteiger partial charge >= 0.3 is 0 Å². The minimum absolute atomic E-state index is 1.03. The Balaban J connectivity index is 2.08.